The van der Waals surface area contributed by atoms with Crippen LogP contribution in [0.2, 0.25) is 0 Å². The zero-order valence-electron chi connectivity index (χ0n) is 13.4. The summed E-state index contributed by atoms with van der Waals surface area (Å²) in [7, 11) is 0. The van der Waals surface area contributed by atoms with E-state index >= 15 is 0 Å². The third kappa shape index (κ3) is 3.91. The first-order valence-corrected chi connectivity index (χ1v) is 7.30. The molecule has 0 radical (unpaired) electrons. The quantitative estimate of drug-likeness (QED) is 0.870. The summed E-state index contributed by atoms with van der Waals surface area (Å²) in [6.07, 6.45) is 1.28. The lowest BCUT2D eigenvalue weighted by Gasteiger charge is -2.20. The Hall–Kier alpha value is -2.23. The minimum absolute atomic E-state index is 0.0968. The standard InChI is InChI=1S/C18H21FN2O/c1-12(13-5-7-15(8-6-13)18(2,3)4)21-17(22)14-9-10-20-16(19)11-14/h5-12H,1-4H3,(H,21,22). The van der Waals surface area contributed by atoms with E-state index in [9.17, 15) is 9.18 Å². The summed E-state index contributed by atoms with van der Waals surface area (Å²) in [6, 6.07) is 10.6. The Labute approximate surface area is 130 Å². The molecule has 3 nitrogen and oxygen atoms in total. The fraction of sp³-hybridized carbons (Fsp3) is 0.333. The molecule has 1 amide bonds. The summed E-state index contributed by atoms with van der Waals surface area (Å²) in [6.45, 7) is 8.38. The Bertz CT molecular complexity index is 660. The SMILES string of the molecule is CC(NC(=O)c1ccnc(F)c1)c1ccc(C(C)(C)C)cc1. The Balaban J connectivity index is 2.09. The molecule has 1 heterocycles. The second-order valence-electron chi connectivity index (χ2n) is 6.43. The lowest BCUT2D eigenvalue weighted by Crippen LogP contribution is -2.26. The summed E-state index contributed by atoms with van der Waals surface area (Å²) in [5, 5.41) is 2.86. The Morgan fingerprint density at radius 2 is 1.82 bits per heavy atom. The van der Waals surface area contributed by atoms with Gasteiger partial charge in [-0.1, -0.05) is 45.0 Å². The summed E-state index contributed by atoms with van der Waals surface area (Å²) in [5.74, 6) is -0.969. The molecular weight excluding hydrogens is 279 g/mol. The number of halogens is 1. The number of hydrogen-bond donors (Lipinski definition) is 1. The largest absolute Gasteiger partial charge is 0.346 e. The molecule has 1 atom stereocenters. The molecule has 0 aliphatic carbocycles. The summed E-state index contributed by atoms with van der Waals surface area (Å²) >= 11 is 0. The molecule has 0 fully saturated rings. The van der Waals surface area contributed by atoms with E-state index in [1.807, 2.05) is 19.1 Å². The Kier molecular flexibility index (Phi) is 4.59. The van der Waals surface area contributed by atoms with Crippen molar-refractivity contribution >= 4 is 5.91 Å². The molecule has 0 saturated carbocycles. The topological polar surface area (TPSA) is 42.0 Å². The van der Waals surface area contributed by atoms with Crippen molar-refractivity contribution in [1.29, 1.82) is 0 Å². The van der Waals surface area contributed by atoms with Gasteiger partial charge in [0.25, 0.3) is 5.91 Å². The Morgan fingerprint density at radius 1 is 1.18 bits per heavy atom. The highest BCUT2D eigenvalue weighted by Gasteiger charge is 2.15. The smallest absolute Gasteiger partial charge is 0.251 e. The number of carbonyl (C=O) groups excluding carboxylic acids is 1. The monoisotopic (exact) mass is 300 g/mol. The zero-order chi connectivity index (χ0) is 16.3. The number of hydrogen-bond acceptors (Lipinski definition) is 2. The van der Waals surface area contributed by atoms with E-state index in [0.717, 1.165) is 11.6 Å². The van der Waals surface area contributed by atoms with Gasteiger partial charge in [0.1, 0.15) is 0 Å². The number of amides is 1. The molecule has 22 heavy (non-hydrogen) atoms. The van der Waals surface area contributed by atoms with Crippen LogP contribution in [0.25, 0.3) is 0 Å². The predicted octanol–water partition coefficient (Wildman–Crippen LogP) is 4.01. The Morgan fingerprint density at radius 3 is 2.36 bits per heavy atom. The molecule has 1 N–H and O–H groups in total. The van der Waals surface area contributed by atoms with Crippen molar-refractivity contribution in [1.82, 2.24) is 10.3 Å². The number of nitrogens with one attached hydrogen (secondary N) is 1. The fourth-order valence-electron chi connectivity index (χ4n) is 2.18. The summed E-state index contributed by atoms with van der Waals surface area (Å²) in [4.78, 5) is 15.5. The van der Waals surface area contributed by atoms with Crippen LogP contribution >= 0.6 is 0 Å². The van der Waals surface area contributed by atoms with E-state index < -0.39 is 5.95 Å². The van der Waals surface area contributed by atoms with E-state index in [2.05, 4.69) is 43.2 Å². The van der Waals surface area contributed by atoms with E-state index in [-0.39, 0.29) is 22.9 Å². The summed E-state index contributed by atoms with van der Waals surface area (Å²) < 4.78 is 13.1. The van der Waals surface area contributed by atoms with Crippen molar-refractivity contribution in [3.8, 4) is 0 Å². The number of rotatable bonds is 3. The van der Waals surface area contributed by atoms with Crippen molar-refractivity contribution in [2.75, 3.05) is 0 Å². The van der Waals surface area contributed by atoms with E-state index in [1.165, 1.54) is 17.8 Å². The number of nitrogens with zero attached hydrogens (tertiary/aromatic N) is 1. The number of benzene rings is 1. The molecular formula is C18H21FN2O. The maximum absolute atomic E-state index is 13.1. The lowest BCUT2D eigenvalue weighted by atomic mass is 9.86. The van der Waals surface area contributed by atoms with E-state index in [4.69, 9.17) is 0 Å². The van der Waals surface area contributed by atoms with Gasteiger partial charge in [0.05, 0.1) is 6.04 Å². The molecule has 1 unspecified atom stereocenters. The normalized spacial score (nSPS) is 12.8. The highest BCUT2D eigenvalue weighted by Crippen LogP contribution is 2.24. The molecule has 0 aliphatic heterocycles. The average molecular weight is 300 g/mol. The van der Waals surface area contributed by atoms with Gasteiger partial charge in [0.15, 0.2) is 0 Å². The highest BCUT2D eigenvalue weighted by atomic mass is 19.1. The molecule has 0 aliphatic rings. The maximum Gasteiger partial charge on any atom is 0.251 e. The van der Waals surface area contributed by atoms with Crippen LogP contribution in [0.4, 0.5) is 4.39 Å². The molecule has 4 heteroatoms. The minimum Gasteiger partial charge on any atom is -0.346 e. The number of aromatic nitrogens is 1. The maximum atomic E-state index is 13.1. The molecule has 1 aromatic carbocycles. The van der Waals surface area contributed by atoms with Gasteiger partial charge in [-0.15, -0.1) is 0 Å². The third-order valence-electron chi connectivity index (χ3n) is 3.61. The molecule has 0 bridgehead atoms. The van der Waals surface area contributed by atoms with Crippen molar-refractivity contribution in [3.63, 3.8) is 0 Å². The minimum atomic E-state index is -0.658. The van der Waals surface area contributed by atoms with Crippen LogP contribution in [0.5, 0.6) is 0 Å². The highest BCUT2D eigenvalue weighted by molar-refractivity contribution is 5.94. The second kappa shape index (κ2) is 6.26. The van der Waals surface area contributed by atoms with E-state index in [1.54, 1.807) is 0 Å². The van der Waals surface area contributed by atoms with Crippen LogP contribution in [0.1, 0.15) is 55.2 Å². The second-order valence-corrected chi connectivity index (χ2v) is 6.43. The van der Waals surface area contributed by atoms with Crippen molar-refractivity contribution in [2.24, 2.45) is 0 Å². The lowest BCUT2D eigenvalue weighted by molar-refractivity contribution is 0.0939. The average Bonchev–Trinajstić information content (AvgIpc) is 2.46. The molecule has 0 spiro atoms. The van der Waals surface area contributed by atoms with Crippen molar-refractivity contribution in [2.45, 2.75) is 39.2 Å². The van der Waals surface area contributed by atoms with Crippen LogP contribution in [0, 0.1) is 5.95 Å². The van der Waals surface area contributed by atoms with Crippen LogP contribution in [-0.2, 0) is 5.41 Å². The van der Waals surface area contributed by atoms with Crippen molar-refractivity contribution < 1.29 is 9.18 Å². The van der Waals surface area contributed by atoms with Crippen LogP contribution in [-0.4, -0.2) is 10.9 Å². The first kappa shape index (κ1) is 16.1. The molecule has 2 rings (SSSR count). The fourth-order valence-corrected chi connectivity index (χ4v) is 2.18. The first-order chi connectivity index (χ1) is 10.3. The van der Waals surface area contributed by atoms with Crippen molar-refractivity contribution in [3.05, 3.63) is 65.2 Å². The summed E-state index contributed by atoms with van der Waals surface area (Å²) in [5.41, 5.74) is 2.62. The number of pyridine rings is 1. The van der Waals surface area contributed by atoms with Gasteiger partial charge >= 0.3 is 0 Å². The molecule has 116 valence electrons. The van der Waals surface area contributed by atoms with Gasteiger partial charge in [-0.25, -0.2) is 4.98 Å². The zero-order valence-corrected chi connectivity index (χ0v) is 13.4. The predicted molar refractivity (Wildman–Crippen MR) is 85.2 cm³/mol. The van der Waals surface area contributed by atoms with Crippen LogP contribution in [0.3, 0.4) is 0 Å². The molecule has 0 saturated heterocycles. The number of carbonyl (C=O) groups is 1. The van der Waals surface area contributed by atoms with Gasteiger partial charge in [0, 0.05) is 17.8 Å². The van der Waals surface area contributed by atoms with E-state index in [0.29, 0.717) is 0 Å². The molecule has 1 aromatic heterocycles. The van der Waals surface area contributed by atoms with Gasteiger partial charge in [-0.05, 0) is 29.5 Å². The third-order valence-corrected chi connectivity index (χ3v) is 3.61. The van der Waals surface area contributed by atoms with Crippen LogP contribution < -0.4 is 5.32 Å². The van der Waals surface area contributed by atoms with Gasteiger partial charge in [0.2, 0.25) is 5.95 Å². The molecule has 2 aromatic rings. The van der Waals surface area contributed by atoms with Gasteiger partial charge in [-0.3, -0.25) is 4.79 Å². The van der Waals surface area contributed by atoms with Gasteiger partial charge < -0.3 is 5.32 Å². The van der Waals surface area contributed by atoms with Crippen LogP contribution in [0.15, 0.2) is 42.6 Å². The first-order valence-electron chi connectivity index (χ1n) is 7.30. The van der Waals surface area contributed by atoms with Gasteiger partial charge in [-0.2, -0.15) is 4.39 Å².